The highest BCUT2D eigenvalue weighted by Crippen LogP contribution is 2.42. The van der Waals surface area contributed by atoms with Crippen molar-refractivity contribution in [3.05, 3.63) is 48.6 Å². The number of benzene rings is 1. The third-order valence-electron chi connectivity index (χ3n) is 4.61. The summed E-state index contributed by atoms with van der Waals surface area (Å²) >= 11 is 0. The largest absolute Gasteiger partial charge is 0.489 e. The molecular formula is C18H16F3N5O3. The number of carbonyl (C=O) groups is 1. The molecule has 1 aliphatic rings. The molecule has 152 valence electrons. The molecule has 0 atom stereocenters. The molecule has 0 unspecified atom stereocenters. The van der Waals surface area contributed by atoms with Crippen molar-refractivity contribution in [3.63, 3.8) is 0 Å². The fraction of sp³-hybridized carbons (Fsp3) is 0.333. The summed E-state index contributed by atoms with van der Waals surface area (Å²) in [6, 6.07) is 5.06. The number of piperidine rings is 1. The van der Waals surface area contributed by atoms with Gasteiger partial charge in [0.25, 0.3) is 5.89 Å². The van der Waals surface area contributed by atoms with Gasteiger partial charge in [-0.15, -0.1) is 10.2 Å². The van der Waals surface area contributed by atoms with Gasteiger partial charge in [0.15, 0.2) is 0 Å². The summed E-state index contributed by atoms with van der Waals surface area (Å²) in [4.78, 5) is 13.9. The molecule has 0 radical (unpaired) electrons. The van der Waals surface area contributed by atoms with Gasteiger partial charge in [0.2, 0.25) is 6.39 Å². The van der Waals surface area contributed by atoms with Crippen LogP contribution in [0.2, 0.25) is 0 Å². The molecular weight excluding hydrogens is 391 g/mol. The number of hydrogen-bond acceptors (Lipinski definition) is 6. The number of alkyl halides is 3. The van der Waals surface area contributed by atoms with Crippen LogP contribution in [-0.4, -0.2) is 50.1 Å². The van der Waals surface area contributed by atoms with Crippen molar-refractivity contribution in [2.75, 3.05) is 13.1 Å². The Balaban J connectivity index is 1.51. The lowest BCUT2D eigenvalue weighted by atomic mass is 10.0. The first-order chi connectivity index (χ1) is 13.9. The second-order valence-corrected chi connectivity index (χ2v) is 6.46. The quantitative estimate of drug-likeness (QED) is 0.661. The zero-order valence-corrected chi connectivity index (χ0v) is 15.0. The highest BCUT2D eigenvalue weighted by molar-refractivity contribution is 5.75. The zero-order valence-electron chi connectivity index (χ0n) is 15.0. The monoisotopic (exact) mass is 407 g/mol. The van der Waals surface area contributed by atoms with Gasteiger partial charge in [-0.25, -0.2) is 4.79 Å². The molecule has 0 N–H and O–H groups in total. The standard InChI is InChI=1S/C18H16F3N5O3/c19-18(20,21)13-3-1-4-14(15(13)16-24-22-11-28-16)29-12-5-9-25(10-6-12)17(27)26-8-2-7-23-26/h1-4,7-8,11-12H,5-6,9-10H2. The second kappa shape index (κ2) is 7.57. The number of ether oxygens (including phenoxy) is 1. The Labute approximate surface area is 162 Å². The molecule has 1 aromatic carbocycles. The number of aromatic nitrogens is 4. The van der Waals surface area contributed by atoms with Crippen molar-refractivity contribution in [1.29, 1.82) is 0 Å². The minimum Gasteiger partial charge on any atom is -0.489 e. The lowest BCUT2D eigenvalue weighted by Crippen LogP contribution is -2.43. The smallest absolute Gasteiger partial charge is 0.417 e. The Hall–Kier alpha value is -3.37. The molecule has 2 aromatic heterocycles. The van der Waals surface area contributed by atoms with Crippen LogP contribution in [0.5, 0.6) is 5.75 Å². The Morgan fingerprint density at radius 2 is 2.00 bits per heavy atom. The average Bonchev–Trinajstić information content (AvgIpc) is 3.41. The summed E-state index contributed by atoms with van der Waals surface area (Å²) < 4.78 is 52.6. The van der Waals surface area contributed by atoms with Gasteiger partial charge in [0, 0.05) is 38.3 Å². The van der Waals surface area contributed by atoms with Crippen LogP contribution in [0.1, 0.15) is 18.4 Å². The molecule has 3 heterocycles. The van der Waals surface area contributed by atoms with Gasteiger partial charge in [-0.3, -0.25) is 0 Å². The van der Waals surface area contributed by atoms with Crippen LogP contribution >= 0.6 is 0 Å². The van der Waals surface area contributed by atoms with Gasteiger partial charge in [-0.2, -0.15) is 23.0 Å². The van der Waals surface area contributed by atoms with E-state index in [1.54, 1.807) is 17.2 Å². The van der Waals surface area contributed by atoms with Crippen LogP contribution in [0, 0.1) is 0 Å². The lowest BCUT2D eigenvalue weighted by Gasteiger charge is -2.32. The van der Waals surface area contributed by atoms with E-state index in [4.69, 9.17) is 9.15 Å². The number of halogens is 3. The van der Waals surface area contributed by atoms with Crippen molar-refractivity contribution in [2.45, 2.75) is 25.1 Å². The fourth-order valence-electron chi connectivity index (χ4n) is 3.24. The van der Waals surface area contributed by atoms with Crippen molar-refractivity contribution >= 4 is 6.03 Å². The normalized spacial score (nSPS) is 15.5. The van der Waals surface area contributed by atoms with E-state index in [1.165, 1.54) is 23.0 Å². The van der Waals surface area contributed by atoms with Gasteiger partial charge >= 0.3 is 12.2 Å². The van der Waals surface area contributed by atoms with E-state index in [0.717, 1.165) is 12.5 Å². The van der Waals surface area contributed by atoms with Crippen LogP contribution in [0.3, 0.4) is 0 Å². The molecule has 0 saturated carbocycles. The third kappa shape index (κ3) is 3.93. The predicted molar refractivity (Wildman–Crippen MR) is 93.0 cm³/mol. The van der Waals surface area contributed by atoms with Crippen LogP contribution < -0.4 is 4.74 Å². The Kier molecular flexibility index (Phi) is 4.95. The lowest BCUT2D eigenvalue weighted by molar-refractivity contribution is -0.137. The molecule has 1 fully saturated rings. The van der Waals surface area contributed by atoms with E-state index in [1.807, 2.05) is 0 Å². The molecule has 11 heteroatoms. The van der Waals surface area contributed by atoms with Gasteiger partial charge < -0.3 is 14.1 Å². The fourth-order valence-corrected chi connectivity index (χ4v) is 3.24. The summed E-state index contributed by atoms with van der Waals surface area (Å²) in [5.74, 6) is -0.250. The molecule has 0 spiro atoms. The van der Waals surface area contributed by atoms with E-state index >= 15 is 0 Å². The minimum atomic E-state index is -4.61. The number of amides is 1. The maximum Gasteiger partial charge on any atom is 0.417 e. The summed E-state index contributed by atoms with van der Waals surface area (Å²) in [5, 5.41) is 11.0. The van der Waals surface area contributed by atoms with Crippen LogP contribution in [-0.2, 0) is 6.18 Å². The molecule has 29 heavy (non-hydrogen) atoms. The first-order valence-corrected chi connectivity index (χ1v) is 8.86. The first kappa shape index (κ1) is 19.0. The number of nitrogens with zero attached hydrogens (tertiary/aromatic N) is 5. The number of rotatable bonds is 3. The van der Waals surface area contributed by atoms with E-state index in [0.29, 0.717) is 25.9 Å². The summed E-state index contributed by atoms with van der Waals surface area (Å²) in [7, 11) is 0. The zero-order chi connectivity index (χ0) is 20.4. The number of hydrogen-bond donors (Lipinski definition) is 0. The highest BCUT2D eigenvalue weighted by Gasteiger charge is 2.37. The topological polar surface area (TPSA) is 86.3 Å². The van der Waals surface area contributed by atoms with Gasteiger partial charge in [0.05, 0.1) is 11.1 Å². The Morgan fingerprint density at radius 1 is 1.21 bits per heavy atom. The van der Waals surface area contributed by atoms with E-state index in [-0.39, 0.29) is 29.3 Å². The van der Waals surface area contributed by atoms with Crippen LogP contribution in [0.25, 0.3) is 11.5 Å². The van der Waals surface area contributed by atoms with E-state index in [9.17, 15) is 18.0 Å². The summed E-state index contributed by atoms with van der Waals surface area (Å²) in [6.45, 7) is 0.802. The van der Waals surface area contributed by atoms with E-state index < -0.39 is 11.7 Å². The Bertz CT molecular complexity index is 965. The average molecular weight is 407 g/mol. The van der Waals surface area contributed by atoms with Crippen LogP contribution in [0.15, 0.2) is 47.5 Å². The van der Waals surface area contributed by atoms with Crippen molar-refractivity contribution < 1.29 is 27.1 Å². The molecule has 1 saturated heterocycles. The molecule has 1 aliphatic heterocycles. The molecule has 0 aliphatic carbocycles. The first-order valence-electron chi connectivity index (χ1n) is 8.86. The summed E-state index contributed by atoms with van der Waals surface area (Å²) in [6.07, 6.45) is -0.000185. The molecule has 4 rings (SSSR count). The van der Waals surface area contributed by atoms with Crippen molar-refractivity contribution in [1.82, 2.24) is 24.9 Å². The molecule has 0 bridgehead atoms. The van der Waals surface area contributed by atoms with E-state index in [2.05, 4.69) is 15.3 Å². The summed E-state index contributed by atoms with van der Waals surface area (Å²) in [5.41, 5.74) is -1.20. The van der Waals surface area contributed by atoms with Crippen LogP contribution in [0.4, 0.5) is 18.0 Å². The SMILES string of the molecule is O=C(N1CCC(Oc2cccc(C(F)(F)F)c2-c2nnco2)CC1)n1cccn1. The van der Waals surface area contributed by atoms with Gasteiger partial charge in [-0.1, -0.05) is 6.07 Å². The maximum absolute atomic E-state index is 13.5. The number of likely N-dealkylation sites (tertiary alicyclic amines) is 1. The minimum absolute atomic E-state index is 0.0147. The second-order valence-electron chi connectivity index (χ2n) is 6.46. The van der Waals surface area contributed by atoms with Gasteiger partial charge in [-0.05, 0) is 18.2 Å². The maximum atomic E-state index is 13.5. The molecule has 1 amide bonds. The Morgan fingerprint density at radius 3 is 2.62 bits per heavy atom. The predicted octanol–water partition coefficient (Wildman–Crippen LogP) is 3.46. The molecule has 8 nitrogen and oxygen atoms in total. The molecule has 3 aromatic rings. The third-order valence-corrected chi connectivity index (χ3v) is 4.61. The number of carbonyl (C=O) groups excluding carboxylic acids is 1. The van der Waals surface area contributed by atoms with Gasteiger partial charge in [0.1, 0.15) is 11.9 Å². The van der Waals surface area contributed by atoms with Crippen molar-refractivity contribution in [2.24, 2.45) is 0 Å². The highest BCUT2D eigenvalue weighted by atomic mass is 19.4. The van der Waals surface area contributed by atoms with Crippen molar-refractivity contribution in [3.8, 4) is 17.2 Å².